The highest BCUT2D eigenvalue weighted by Gasteiger charge is 2.05. The third-order valence-electron chi connectivity index (χ3n) is 2.49. The Morgan fingerprint density at radius 1 is 1.28 bits per heavy atom. The van der Waals surface area contributed by atoms with Crippen molar-refractivity contribution in [2.75, 3.05) is 20.5 Å². The Morgan fingerprint density at radius 2 is 2.00 bits per heavy atom. The maximum absolute atomic E-state index is 5.27. The topological polar surface area (TPSA) is 43.2 Å². The highest BCUT2D eigenvalue weighted by Crippen LogP contribution is 2.28. The molecule has 0 fully saturated rings. The van der Waals surface area contributed by atoms with Crippen molar-refractivity contribution in [2.24, 2.45) is 10.2 Å². The van der Waals surface area contributed by atoms with Crippen molar-refractivity contribution in [1.29, 1.82) is 0 Å². The molecule has 0 aliphatic carbocycles. The van der Waals surface area contributed by atoms with Crippen LogP contribution in [-0.4, -0.2) is 32.2 Å². The van der Waals surface area contributed by atoms with Gasteiger partial charge in [-0.3, -0.25) is 0 Å². The Bertz CT molecular complexity index is 433. The van der Waals surface area contributed by atoms with Crippen molar-refractivity contribution in [3.05, 3.63) is 23.8 Å². The zero-order valence-electron chi connectivity index (χ0n) is 11.0. The van der Waals surface area contributed by atoms with Gasteiger partial charge in [0.15, 0.2) is 11.5 Å². The molecule has 0 atom stereocenters. The second kappa shape index (κ2) is 7.76. The predicted molar refractivity (Wildman–Crippen MR) is 78.4 cm³/mol. The van der Waals surface area contributed by atoms with Gasteiger partial charge in [0.05, 0.1) is 19.3 Å². The number of rotatable bonds is 6. The van der Waals surface area contributed by atoms with E-state index in [2.05, 4.69) is 16.9 Å². The Kier molecular flexibility index (Phi) is 6.28. The van der Waals surface area contributed by atoms with E-state index in [1.165, 1.54) is 5.56 Å². The standard InChI is InChI=1S/C13H18N2O2S/c1-14-15-13(18-4)8-6-10-5-7-11(16-2)12(9-10)17-3/h5,7,9H,1,6,8H2,2-4H3/b15-13-. The van der Waals surface area contributed by atoms with Crippen LogP contribution in [0.25, 0.3) is 0 Å². The first kappa shape index (κ1) is 14.6. The molecule has 5 heteroatoms. The van der Waals surface area contributed by atoms with Crippen LogP contribution in [0.1, 0.15) is 12.0 Å². The first-order valence-electron chi connectivity index (χ1n) is 5.52. The quantitative estimate of drug-likeness (QED) is 0.451. The summed E-state index contributed by atoms with van der Waals surface area (Å²) in [6.07, 6.45) is 3.71. The van der Waals surface area contributed by atoms with Gasteiger partial charge in [0.2, 0.25) is 0 Å². The summed E-state index contributed by atoms with van der Waals surface area (Å²) in [4.78, 5) is 0. The molecule has 0 aliphatic rings. The maximum atomic E-state index is 5.27. The summed E-state index contributed by atoms with van der Waals surface area (Å²) >= 11 is 1.59. The van der Waals surface area contributed by atoms with E-state index in [0.29, 0.717) is 0 Å². The lowest BCUT2D eigenvalue weighted by Crippen LogP contribution is -1.97. The molecule has 0 N–H and O–H groups in total. The SMILES string of the molecule is C=N/N=C(/CCc1ccc(OC)c(OC)c1)SC. The molecule has 0 radical (unpaired) electrons. The van der Waals surface area contributed by atoms with E-state index >= 15 is 0 Å². The van der Waals surface area contributed by atoms with Crippen LogP contribution in [0.15, 0.2) is 28.4 Å². The average molecular weight is 266 g/mol. The number of benzene rings is 1. The second-order valence-corrected chi connectivity index (χ2v) is 4.41. The van der Waals surface area contributed by atoms with Gasteiger partial charge in [0, 0.05) is 13.1 Å². The van der Waals surface area contributed by atoms with Crippen molar-refractivity contribution in [3.63, 3.8) is 0 Å². The van der Waals surface area contributed by atoms with Crippen molar-refractivity contribution in [3.8, 4) is 11.5 Å². The summed E-state index contributed by atoms with van der Waals surface area (Å²) < 4.78 is 10.5. The molecule has 0 saturated carbocycles. The monoisotopic (exact) mass is 266 g/mol. The highest BCUT2D eigenvalue weighted by atomic mass is 32.2. The molecular formula is C13H18N2O2S. The van der Waals surface area contributed by atoms with Gasteiger partial charge in [-0.2, -0.15) is 5.10 Å². The summed E-state index contributed by atoms with van der Waals surface area (Å²) in [5, 5.41) is 8.50. The fourth-order valence-corrected chi connectivity index (χ4v) is 2.00. The molecule has 0 saturated heterocycles. The zero-order chi connectivity index (χ0) is 13.4. The molecule has 0 unspecified atom stereocenters. The Morgan fingerprint density at radius 3 is 2.56 bits per heavy atom. The van der Waals surface area contributed by atoms with Crippen molar-refractivity contribution >= 4 is 23.5 Å². The first-order valence-corrected chi connectivity index (χ1v) is 6.75. The molecular weight excluding hydrogens is 248 g/mol. The molecule has 1 aromatic carbocycles. The number of aryl methyl sites for hydroxylation is 1. The predicted octanol–water partition coefficient (Wildman–Crippen LogP) is 3.01. The Balaban J connectivity index is 2.73. The molecule has 98 valence electrons. The van der Waals surface area contributed by atoms with E-state index in [4.69, 9.17) is 9.47 Å². The smallest absolute Gasteiger partial charge is 0.160 e. The van der Waals surface area contributed by atoms with Gasteiger partial charge < -0.3 is 9.47 Å². The maximum Gasteiger partial charge on any atom is 0.160 e. The van der Waals surface area contributed by atoms with E-state index in [9.17, 15) is 0 Å². The molecule has 0 amide bonds. The Labute approximate surface area is 112 Å². The summed E-state index contributed by atoms with van der Waals surface area (Å²) in [5.41, 5.74) is 1.18. The third-order valence-corrected chi connectivity index (χ3v) is 3.25. The lowest BCUT2D eigenvalue weighted by atomic mass is 10.1. The van der Waals surface area contributed by atoms with E-state index in [1.807, 2.05) is 24.5 Å². The van der Waals surface area contributed by atoms with E-state index in [0.717, 1.165) is 29.4 Å². The molecule has 0 aromatic heterocycles. The molecule has 0 bridgehead atoms. The number of hydrogen-bond donors (Lipinski definition) is 0. The van der Waals surface area contributed by atoms with Gasteiger partial charge in [-0.15, -0.1) is 16.9 Å². The summed E-state index contributed by atoms with van der Waals surface area (Å²) in [7, 11) is 3.27. The largest absolute Gasteiger partial charge is 0.493 e. The molecule has 4 nitrogen and oxygen atoms in total. The molecule has 18 heavy (non-hydrogen) atoms. The minimum absolute atomic E-state index is 0.743. The van der Waals surface area contributed by atoms with Gasteiger partial charge in [-0.1, -0.05) is 6.07 Å². The first-order chi connectivity index (χ1) is 8.74. The molecule has 1 aromatic rings. The summed E-state index contributed by atoms with van der Waals surface area (Å²) in [6, 6.07) is 5.93. The molecule has 0 aliphatic heterocycles. The van der Waals surface area contributed by atoms with E-state index in [1.54, 1.807) is 26.0 Å². The third kappa shape index (κ3) is 4.07. The van der Waals surface area contributed by atoms with E-state index in [-0.39, 0.29) is 0 Å². The van der Waals surface area contributed by atoms with Crippen molar-refractivity contribution in [2.45, 2.75) is 12.8 Å². The lowest BCUT2D eigenvalue weighted by molar-refractivity contribution is 0.354. The molecule has 1 rings (SSSR count). The van der Waals surface area contributed by atoms with Gasteiger partial charge in [-0.25, -0.2) is 0 Å². The van der Waals surface area contributed by atoms with Gasteiger partial charge in [0.25, 0.3) is 0 Å². The van der Waals surface area contributed by atoms with Crippen LogP contribution in [0.3, 0.4) is 0 Å². The second-order valence-electron chi connectivity index (χ2n) is 3.53. The fourth-order valence-electron chi connectivity index (χ4n) is 1.56. The van der Waals surface area contributed by atoms with Crippen molar-refractivity contribution < 1.29 is 9.47 Å². The van der Waals surface area contributed by atoms with Crippen molar-refractivity contribution in [1.82, 2.24) is 0 Å². The number of ether oxygens (including phenoxy) is 2. The Hall–Kier alpha value is -1.49. The minimum atomic E-state index is 0.743. The van der Waals surface area contributed by atoms with Crippen LogP contribution in [0.2, 0.25) is 0 Å². The number of thioether (sulfide) groups is 1. The van der Waals surface area contributed by atoms with Gasteiger partial charge in [0.1, 0.15) is 0 Å². The number of methoxy groups -OCH3 is 2. The molecule has 0 spiro atoms. The highest BCUT2D eigenvalue weighted by molar-refractivity contribution is 8.13. The van der Waals surface area contributed by atoms with Crippen LogP contribution >= 0.6 is 11.8 Å². The van der Waals surface area contributed by atoms with Crippen LogP contribution in [-0.2, 0) is 6.42 Å². The summed E-state index contributed by atoms with van der Waals surface area (Å²) in [5.74, 6) is 1.49. The number of nitrogens with zero attached hydrogens (tertiary/aromatic N) is 2. The minimum Gasteiger partial charge on any atom is -0.493 e. The van der Waals surface area contributed by atoms with Crippen LogP contribution < -0.4 is 9.47 Å². The average Bonchev–Trinajstić information content (AvgIpc) is 2.42. The van der Waals surface area contributed by atoms with Crippen LogP contribution in [0.4, 0.5) is 0 Å². The van der Waals surface area contributed by atoms with Crippen LogP contribution in [0.5, 0.6) is 11.5 Å². The molecule has 0 heterocycles. The normalized spacial score (nSPS) is 11.2. The van der Waals surface area contributed by atoms with E-state index < -0.39 is 0 Å². The van der Waals surface area contributed by atoms with Crippen LogP contribution in [0, 0.1) is 0 Å². The van der Waals surface area contributed by atoms with Gasteiger partial charge in [-0.05, 0) is 30.4 Å². The van der Waals surface area contributed by atoms with Gasteiger partial charge >= 0.3 is 0 Å². The fraction of sp³-hybridized carbons (Fsp3) is 0.385. The lowest BCUT2D eigenvalue weighted by Gasteiger charge is -2.09. The number of hydrogen-bond acceptors (Lipinski definition) is 5. The zero-order valence-corrected chi connectivity index (χ0v) is 11.8. The summed E-state index contributed by atoms with van der Waals surface area (Å²) in [6.45, 7) is 3.37.